The topological polar surface area (TPSA) is 64.0 Å². The molecule has 0 aliphatic carbocycles. The molecule has 0 spiro atoms. The number of carbonyl (C=O) groups is 1. The van der Waals surface area contributed by atoms with Gasteiger partial charge in [0.25, 0.3) is 0 Å². The van der Waals surface area contributed by atoms with Crippen molar-refractivity contribution in [3.05, 3.63) is 0 Å². The molecular weight excluding hydrogens is 196 g/mol. The predicted octanol–water partition coefficient (Wildman–Crippen LogP) is -0.540. The van der Waals surface area contributed by atoms with Crippen molar-refractivity contribution in [2.75, 3.05) is 39.8 Å². The van der Waals surface area contributed by atoms with E-state index >= 15 is 0 Å². The Kier molecular flexibility index (Phi) is 4.07. The van der Waals surface area contributed by atoms with Crippen LogP contribution in [0.4, 0.5) is 0 Å². The number of hydrogen-bond acceptors (Lipinski definition) is 4. The minimum Gasteiger partial charge on any atom is -0.479 e. The zero-order chi connectivity index (χ0) is 11.5. The molecule has 5 nitrogen and oxygen atoms in total. The lowest BCUT2D eigenvalue weighted by Crippen LogP contribution is -2.47. The second-order valence-corrected chi connectivity index (χ2v) is 4.51. The first-order chi connectivity index (χ1) is 6.92. The van der Waals surface area contributed by atoms with Gasteiger partial charge in [-0.15, -0.1) is 0 Å². The van der Waals surface area contributed by atoms with Gasteiger partial charge in [0, 0.05) is 19.6 Å². The van der Waals surface area contributed by atoms with E-state index in [-0.39, 0.29) is 6.54 Å². The lowest BCUT2D eigenvalue weighted by atomic mass is 10.1. The number of rotatable bonds is 3. The molecular formula is C10H20N2O3. The summed E-state index contributed by atoms with van der Waals surface area (Å²) in [6.45, 7) is 5.19. The summed E-state index contributed by atoms with van der Waals surface area (Å²) < 4.78 is 0. The van der Waals surface area contributed by atoms with Gasteiger partial charge in [-0.05, 0) is 33.5 Å². The molecule has 0 aromatic rings. The summed E-state index contributed by atoms with van der Waals surface area (Å²) in [5, 5.41) is 18.5. The fourth-order valence-electron chi connectivity index (χ4n) is 1.76. The van der Waals surface area contributed by atoms with Crippen LogP contribution in [-0.2, 0) is 4.79 Å². The highest BCUT2D eigenvalue weighted by Crippen LogP contribution is 2.09. The molecule has 1 unspecified atom stereocenters. The second-order valence-electron chi connectivity index (χ2n) is 4.51. The Bertz CT molecular complexity index is 231. The Morgan fingerprint density at radius 2 is 2.00 bits per heavy atom. The molecule has 1 aliphatic rings. The molecule has 1 rings (SSSR count). The lowest BCUT2D eigenvalue weighted by Gasteiger charge is -2.27. The van der Waals surface area contributed by atoms with Crippen LogP contribution < -0.4 is 0 Å². The Labute approximate surface area is 90.3 Å². The standard InChI is InChI=1S/C10H20N2O3/c1-10(15,9(13)14)8-12-5-3-4-11(2)6-7-12/h15H,3-8H2,1-2H3,(H,13,14). The Morgan fingerprint density at radius 1 is 1.33 bits per heavy atom. The van der Waals surface area contributed by atoms with Crippen molar-refractivity contribution >= 4 is 5.97 Å². The number of β-amino-alcohol motifs (C(OH)–C–C–N with tert-alkyl or cyclic N) is 1. The number of nitrogens with zero attached hydrogens (tertiary/aromatic N) is 2. The zero-order valence-corrected chi connectivity index (χ0v) is 9.44. The number of aliphatic carboxylic acids is 1. The van der Waals surface area contributed by atoms with Gasteiger partial charge in [-0.2, -0.15) is 0 Å². The summed E-state index contributed by atoms with van der Waals surface area (Å²) >= 11 is 0. The normalized spacial score (nSPS) is 24.5. The highest BCUT2D eigenvalue weighted by atomic mass is 16.4. The highest BCUT2D eigenvalue weighted by Gasteiger charge is 2.32. The van der Waals surface area contributed by atoms with Crippen LogP contribution in [0, 0.1) is 0 Å². The molecule has 0 bridgehead atoms. The molecule has 5 heteroatoms. The fourth-order valence-corrected chi connectivity index (χ4v) is 1.76. The highest BCUT2D eigenvalue weighted by molar-refractivity contribution is 5.76. The summed E-state index contributed by atoms with van der Waals surface area (Å²) in [5.74, 6) is -1.15. The quantitative estimate of drug-likeness (QED) is 0.663. The van der Waals surface area contributed by atoms with Crippen LogP contribution in [0.5, 0.6) is 0 Å². The first kappa shape index (κ1) is 12.4. The molecule has 2 N–H and O–H groups in total. The van der Waals surface area contributed by atoms with Crippen LogP contribution in [0.2, 0.25) is 0 Å². The molecule has 1 saturated heterocycles. The summed E-state index contributed by atoms with van der Waals surface area (Å²) in [4.78, 5) is 15.0. The van der Waals surface area contributed by atoms with E-state index in [4.69, 9.17) is 5.11 Å². The third-order valence-electron chi connectivity index (χ3n) is 2.80. The third kappa shape index (κ3) is 3.77. The maximum atomic E-state index is 10.8. The monoisotopic (exact) mass is 216 g/mol. The predicted molar refractivity (Wildman–Crippen MR) is 56.8 cm³/mol. The van der Waals surface area contributed by atoms with Crippen molar-refractivity contribution in [3.8, 4) is 0 Å². The van der Waals surface area contributed by atoms with Crippen molar-refractivity contribution in [2.45, 2.75) is 18.9 Å². The van der Waals surface area contributed by atoms with E-state index in [9.17, 15) is 9.90 Å². The number of aliphatic hydroxyl groups is 1. The van der Waals surface area contributed by atoms with Crippen molar-refractivity contribution < 1.29 is 15.0 Å². The van der Waals surface area contributed by atoms with Gasteiger partial charge >= 0.3 is 5.97 Å². The molecule has 0 radical (unpaired) electrons. The number of carboxylic acid groups (broad SMARTS) is 1. The van der Waals surface area contributed by atoms with Crippen LogP contribution in [-0.4, -0.2) is 71.4 Å². The maximum absolute atomic E-state index is 10.8. The van der Waals surface area contributed by atoms with E-state index in [2.05, 4.69) is 11.9 Å². The van der Waals surface area contributed by atoms with Gasteiger partial charge in [-0.25, -0.2) is 4.79 Å². The van der Waals surface area contributed by atoms with E-state index < -0.39 is 11.6 Å². The molecule has 1 atom stereocenters. The van der Waals surface area contributed by atoms with Gasteiger partial charge in [-0.1, -0.05) is 0 Å². The summed E-state index contributed by atoms with van der Waals surface area (Å²) in [7, 11) is 2.05. The largest absolute Gasteiger partial charge is 0.479 e. The van der Waals surface area contributed by atoms with Crippen molar-refractivity contribution in [3.63, 3.8) is 0 Å². The molecule has 0 aromatic heterocycles. The Hall–Kier alpha value is -0.650. The summed E-state index contributed by atoms with van der Waals surface area (Å²) in [6.07, 6.45) is 1.02. The van der Waals surface area contributed by atoms with E-state index in [0.29, 0.717) is 0 Å². The number of likely N-dealkylation sites (N-methyl/N-ethyl adjacent to an activating group) is 1. The maximum Gasteiger partial charge on any atom is 0.336 e. The average molecular weight is 216 g/mol. The second kappa shape index (κ2) is 4.92. The Balaban J connectivity index is 2.47. The summed E-state index contributed by atoms with van der Waals surface area (Å²) in [5.41, 5.74) is -1.64. The van der Waals surface area contributed by atoms with Gasteiger partial charge in [0.15, 0.2) is 5.60 Å². The molecule has 15 heavy (non-hydrogen) atoms. The third-order valence-corrected chi connectivity index (χ3v) is 2.80. The Morgan fingerprint density at radius 3 is 2.60 bits per heavy atom. The zero-order valence-electron chi connectivity index (χ0n) is 9.44. The van der Waals surface area contributed by atoms with Gasteiger partial charge in [-0.3, -0.25) is 4.90 Å². The van der Waals surface area contributed by atoms with Crippen LogP contribution in [0.1, 0.15) is 13.3 Å². The van der Waals surface area contributed by atoms with Crippen molar-refractivity contribution in [1.29, 1.82) is 0 Å². The van der Waals surface area contributed by atoms with Crippen LogP contribution >= 0.6 is 0 Å². The van der Waals surface area contributed by atoms with Gasteiger partial charge in [0.2, 0.25) is 0 Å². The molecule has 1 heterocycles. The lowest BCUT2D eigenvalue weighted by molar-refractivity contribution is -0.158. The van der Waals surface area contributed by atoms with Crippen molar-refractivity contribution in [2.24, 2.45) is 0 Å². The summed E-state index contributed by atoms with van der Waals surface area (Å²) in [6, 6.07) is 0. The molecule has 1 fully saturated rings. The molecule has 0 amide bonds. The van der Waals surface area contributed by atoms with Crippen molar-refractivity contribution in [1.82, 2.24) is 9.80 Å². The molecule has 0 aromatic carbocycles. The minimum absolute atomic E-state index is 0.205. The number of hydrogen-bond donors (Lipinski definition) is 2. The first-order valence-electron chi connectivity index (χ1n) is 5.28. The number of carboxylic acids is 1. The average Bonchev–Trinajstić information content (AvgIpc) is 2.30. The SMILES string of the molecule is CN1CCCN(CC(C)(O)C(=O)O)CC1. The van der Waals surface area contributed by atoms with Crippen LogP contribution in [0.3, 0.4) is 0 Å². The molecule has 0 saturated carbocycles. The van der Waals surface area contributed by atoms with Gasteiger partial charge in [0.05, 0.1) is 0 Å². The molecule has 88 valence electrons. The van der Waals surface area contributed by atoms with Gasteiger partial charge < -0.3 is 15.1 Å². The van der Waals surface area contributed by atoms with Gasteiger partial charge in [0.1, 0.15) is 0 Å². The minimum atomic E-state index is -1.64. The fraction of sp³-hybridized carbons (Fsp3) is 0.900. The van der Waals surface area contributed by atoms with E-state index in [1.165, 1.54) is 6.92 Å². The first-order valence-corrected chi connectivity index (χ1v) is 5.28. The van der Waals surface area contributed by atoms with E-state index in [1.54, 1.807) is 0 Å². The van der Waals surface area contributed by atoms with E-state index in [0.717, 1.165) is 32.6 Å². The van der Waals surface area contributed by atoms with E-state index in [1.807, 2.05) is 4.90 Å². The smallest absolute Gasteiger partial charge is 0.336 e. The van der Waals surface area contributed by atoms with Crippen LogP contribution in [0.15, 0.2) is 0 Å². The molecule has 1 aliphatic heterocycles. The van der Waals surface area contributed by atoms with Crippen LogP contribution in [0.25, 0.3) is 0 Å².